The second-order valence-electron chi connectivity index (χ2n) is 5.03. The maximum absolute atomic E-state index is 13.6. The minimum Gasteiger partial charge on any atom is -0.320 e. The lowest BCUT2D eigenvalue weighted by Gasteiger charge is -2.15. The molecule has 0 saturated carbocycles. The highest BCUT2D eigenvalue weighted by Crippen LogP contribution is 2.30. The monoisotopic (exact) mass is 344 g/mol. The van der Waals surface area contributed by atoms with Gasteiger partial charge >= 0.3 is 0 Å². The molecule has 0 bridgehead atoms. The average Bonchev–Trinajstić information content (AvgIpc) is 2.49. The highest BCUT2D eigenvalue weighted by molar-refractivity contribution is 9.10. The Morgan fingerprint density at radius 1 is 1.14 bits per heavy atom. The summed E-state index contributed by atoms with van der Waals surface area (Å²) in [6.45, 7) is 1.96. The van der Waals surface area contributed by atoms with Gasteiger partial charge in [-0.15, -0.1) is 0 Å². The SMILES string of the molecule is Cc1ccc2cc(C(N)c3cccc(F)c3Br)ccc2n1. The fourth-order valence-corrected chi connectivity index (χ4v) is 2.89. The first-order valence-electron chi connectivity index (χ1n) is 6.63. The first-order valence-corrected chi connectivity index (χ1v) is 7.42. The molecule has 4 heteroatoms. The summed E-state index contributed by atoms with van der Waals surface area (Å²) in [5.74, 6) is -0.305. The van der Waals surface area contributed by atoms with Gasteiger partial charge in [-0.1, -0.05) is 24.3 Å². The lowest BCUT2D eigenvalue weighted by Crippen LogP contribution is -2.13. The Hall–Kier alpha value is -1.78. The molecule has 3 rings (SSSR count). The summed E-state index contributed by atoms with van der Waals surface area (Å²) in [4.78, 5) is 4.47. The Labute approximate surface area is 130 Å². The fourth-order valence-electron chi connectivity index (χ4n) is 2.38. The molecule has 2 N–H and O–H groups in total. The Balaban J connectivity index is 2.07. The number of hydrogen-bond donors (Lipinski definition) is 1. The molecule has 0 saturated heterocycles. The molecule has 1 heterocycles. The molecule has 106 valence electrons. The van der Waals surface area contributed by atoms with Gasteiger partial charge in [0.15, 0.2) is 0 Å². The minimum atomic E-state index is -0.388. The molecular formula is C17H14BrFN2. The van der Waals surface area contributed by atoms with E-state index in [9.17, 15) is 4.39 Å². The summed E-state index contributed by atoms with van der Waals surface area (Å²) in [5, 5.41) is 1.03. The summed E-state index contributed by atoms with van der Waals surface area (Å²) in [6.07, 6.45) is 0. The lowest BCUT2D eigenvalue weighted by atomic mass is 9.98. The Bertz CT molecular complexity index is 817. The van der Waals surface area contributed by atoms with E-state index in [2.05, 4.69) is 20.9 Å². The molecule has 0 spiro atoms. The van der Waals surface area contributed by atoms with Gasteiger partial charge in [0.2, 0.25) is 0 Å². The summed E-state index contributed by atoms with van der Waals surface area (Å²) in [7, 11) is 0. The second-order valence-corrected chi connectivity index (χ2v) is 5.82. The zero-order valence-electron chi connectivity index (χ0n) is 11.5. The molecule has 0 amide bonds. The van der Waals surface area contributed by atoms with E-state index < -0.39 is 0 Å². The number of halogens is 2. The minimum absolute atomic E-state index is 0.305. The van der Waals surface area contributed by atoms with Crippen molar-refractivity contribution < 1.29 is 4.39 Å². The van der Waals surface area contributed by atoms with Gasteiger partial charge in [-0.25, -0.2) is 4.39 Å². The van der Waals surface area contributed by atoms with E-state index in [-0.39, 0.29) is 11.9 Å². The molecule has 0 aliphatic heterocycles. The smallest absolute Gasteiger partial charge is 0.137 e. The van der Waals surface area contributed by atoms with Crippen molar-refractivity contribution in [1.29, 1.82) is 0 Å². The third-order valence-electron chi connectivity index (χ3n) is 3.53. The fraction of sp³-hybridized carbons (Fsp3) is 0.118. The lowest BCUT2D eigenvalue weighted by molar-refractivity contribution is 0.616. The molecule has 21 heavy (non-hydrogen) atoms. The highest BCUT2D eigenvalue weighted by Gasteiger charge is 2.15. The van der Waals surface area contributed by atoms with Crippen LogP contribution in [0.3, 0.4) is 0 Å². The van der Waals surface area contributed by atoms with E-state index in [1.807, 2.05) is 43.3 Å². The standard InChI is InChI=1S/C17H14BrFN2/c1-10-5-6-11-9-12(7-8-15(11)21-10)17(20)13-3-2-4-14(19)16(13)18/h2-9,17H,20H2,1H3. The van der Waals surface area contributed by atoms with Crippen LogP contribution in [0.2, 0.25) is 0 Å². The molecule has 2 aromatic carbocycles. The molecule has 0 aliphatic rings. The number of rotatable bonds is 2. The van der Waals surface area contributed by atoms with Gasteiger partial charge in [-0.3, -0.25) is 4.98 Å². The number of fused-ring (bicyclic) bond motifs is 1. The van der Waals surface area contributed by atoms with E-state index in [1.54, 1.807) is 6.07 Å². The predicted octanol–water partition coefficient (Wildman–Crippen LogP) is 4.49. The van der Waals surface area contributed by atoms with E-state index in [1.165, 1.54) is 6.07 Å². The van der Waals surface area contributed by atoms with Gasteiger partial charge < -0.3 is 5.73 Å². The van der Waals surface area contributed by atoms with Crippen LogP contribution in [-0.4, -0.2) is 4.98 Å². The Kier molecular flexibility index (Phi) is 3.74. The number of nitrogens with two attached hydrogens (primary N) is 1. The normalized spacial score (nSPS) is 12.6. The zero-order valence-corrected chi connectivity index (χ0v) is 13.1. The first kappa shape index (κ1) is 14.2. The van der Waals surface area contributed by atoms with Crippen LogP contribution in [0, 0.1) is 12.7 Å². The van der Waals surface area contributed by atoms with Crippen molar-refractivity contribution in [3.05, 3.63) is 75.6 Å². The van der Waals surface area contributed by atoms with E-state index in [4.69, 9.17) is 5.73 Å². The molecule has 0 fully saturated rings. The van der Waals surface area contributed by atoms with Crippen molar-refractivity contribution in [3.63, 3.8) is 0 Å². The van der Waals surface area contributed by atoms with Gasteiger partial charge in [0.05, 0.1) is 16.0 Å². The summed E-state index contributed by atoms with van der Waals surface area (Å²) in [6, 6.07) is 14.4. The van der Waals surface area contributed by atoms with Crippen molar-refractivity contribution in [1.82, 2.24) is 4.98 Å². The number of hydrogen-bond acceptors (Lipinski definition) is 2. The second kappa shape index (κ2) is 5.54. The summed E-state index contributed by atoms with van der Waals surface area (Å²) < 4.78 is 14.1. The quantitative estimate of drug-likeness (QED) is 0.743. The van der Waals surface area contributed by atoms with E-state index in [0.717, 1.165) is 27.7 Å². The van der Waals surface area contributed by atoms with Crippen molar-refractivity contribution in [2.45, 2.75) is 13.0 Å². The van der Waals surface area contributed by atoms with Gasteiger partial charge in [0, 0.05) is 11.1 Å². The van der Waals surface area contributed by atoms with Crippen molar-refractivity contribution >= 4 is 26.8 Å². The van der Waals surface area contributed by atoms with Crippen LogP contribution in [0.4, 0.5) is 4.39 Å². The van der Waals surface area contributed by atoms with Gasteiger partial charge in [0.25, 0.3) is 0 Å². The number of nitrogens with zero attached hydrogens (tertiary/aromatic N) is 1. The Morgan fingerprint density at radius 2 is 1.95 bits per heavy atom. The molecule has 0 aliphatic carbocycles. The van der Waals surface area contributed by atoms with Crippen LogP contribution in [-0.2, 0) is 0 Å². The highest BCUT2D eigenvalue weighted by atomic mass is 79.9. The topological polar surface area (TPSA) is 38.9 Å². The Morgan fingerprint density at radius 3 is 2.76 bits per heavy atom. The molecule has 2 nitrogen and oxygen atoms in total. The number of aromatic nitrogens is 1. The summed E-state index contributed by atoms with van der Waals surface area (Å²) in [5.41, 5.74) is 9.86. The largest absolute Gasteiger partial charge is 0.320 e. The van der Waals surface area contributed by atoms with Crippen molar-refractivity contribution in [3.8, 4) is 0 Å². The van der Waals surface area contributed by atoms with Gasteiger partial charge in [0.1, 0.15) is 5.82 Å². The number of aryl methyl sites for hydroxylation is 1. The maximum Gasteiger partial charge on any atom is 0.137 e. The van der Waals surface area contributed by atoms with Crippen LogP contribution >= 0.6 is 15.9 Å². The van der Waals surface area contributed by atoms with Crippen molar-refractivity contribution in [2.75, 3.05) is 0 Å². The number of pyridine rings is 1. The van der Waals surface area contributed by atoms with E-state index in [0.29, 0.717) is 4.47 Å². The zero-order chi connectivity index (χ0) is 15.0. The molecule has 0 radical (unpaired) electrons. The molecule has 1 atom stereocenters. The first-order chi connectivity index (χ1) is 10.1. The molecule has 1 aromatic heterocycles. The van der Waals surface area contributed by atoms with Crippen LogP contribution in [0.25, 0.3) is 10.9 Å². The van der Waals surface area contributed by atoms with Gasteiger partial charge in [-0.2, -0.15) is 0 Å². The molecular weight excluding hydrogens is 331 g/mol. The number of benzene rings is 2. The van der Waals surface area contributed by atoms with Crippen molar-refractivity contribution in [2.24, 2.45) is 5.73 Å². The third-order valence-corrected chi connectivity index (χ3v) is 4.36. The van der Waals surface area contributed by atoms with Crippen LogP contribution in [0.1, 0.15) is 22.9 Å². The maximum atomic E-state index is 13.6. The molecule has 3 aromatic rings. The van der Waals surface area contributed by atoms with Crippen LogP contribution in [0.5, 0.6) is 0 Å². The average molecular weight is 345 g/mol. The predicted molar refractivity (Wildman–Crippen MR) is 86.6 cm³/mol. The van der Waals surface area contributed by atoms with Gasteiger partial charge in [-0.05, 0) is 58.2 Å². The molecule has 1 unspecified atom stereocenters. The van der Waals surface area contributed by atoms with E-state index >= 15 is 0 Å². The van der Waals surface area contributed by atoms with Crippen LogP contribution < -0.4 is 5.73 Å². The third kappa shape index (κ3) is 2.69. The van der Waals surface area contributed by atoms with Crippen LogP contribution in [0.15, 0.2) is 53.0 Å². The summed E-state index contributed by atoms with van der Waals surface area (Å²) >= 11 is 3.27.